The molecule has 1 aromatic heterocycles. The highest BCUT2D eigenvalue weighted by Gasteiger charge is 2.54. The van der Waals surface area contributed by atoms with Crippen LogP contribution in [0.25, 0.3) is 0 Å². The van der Waals surface area contributed by atoms with Crippen molar-refractivity contribution in [3.8, 4) is 0 Å². The van der Waals surface area contributed by atoms with E-state index < -0.39 is 41.8 Å². The average molecular weight is 420 g/mol. The van der Waals surface area contributed by atoms with E-state index in [0.29, 0.717) is 6.92 Å². The molecule has 1 aliphatic carbocycles. The Morgan fingerprint density at radius 2 is 2.00 bits per heavy atom. The smallest absolute Gasteiger partial charge is 0.355 e. The number of carbonyl (C=O) groups is 1. The van der Waals surface area contributed by atoms with Gasteiger partial charge in [0.1, 0.15) is 5.69 Å². The molecule has 1 aliphatic rings. The van der Waals surface area contributed by atoms with Crippen LogP contribution >= 0.6 is 22.6 Å². The minimum Gasteiger partial charge on any atom is -0.476 e. The van der Waals surface area contributed by atoms with Gasteiger partial charge in [-0.25, -0.2) is 13.6 Å². The molecule has 1 heterocycles. The second-order valence-corrected chi connectivity index (χ2v) is 6.96. The molecule has 0 atom stereocenters. The van der Waals surface area contributed by atoms with Crippen LogP contribution in [0.2, 0.25) is 0 Å². The number of carboxylic acid groups (broad SMARTS) is 1. The lowest BCUT2D eigenvalue weighted by Gasteiger charge is -2.44. The molecule has 0 aromatic carbocycles. The van der Waals surface area contributed by atoms with Crippen LogP contribution in [0.15, 0.2) is 0 Å². The van der Waals surface area contributed by atoms with Gasteiger partial charge in [0, 0.05) is 26.3 Å². The fraction of sp³-hybridized carbons (Fsp3) is 0.667. The molecule has 4 nitrogen and oxygen atoms in total. The number of hydrogen-bond donors (Lipinski definition) is 1. The van der Waals surface area contributed by atoms with Crippen molar-refractivity contribution in [1.29, 1.82) is 0 Å². The van der Waals surface area contributed by atoms with Gasteiger partial charge in [0.05, 0.1) is 3.57 Å². The normalized spacial score (nSPS) is 20.1. The Hall–Kier alpha value is -0.870. The monoisotopic (exact) mass is 420 g/mol. The van der Waals surface area contributed by atoms with E-state index in [9.17, 15) is 22.4 Å². The maximum Gasteiger partial charge on any atom is 0.355 e. The van der Waals surface area contributed by atoms with E-state index in [1.54, 1.807) is 6.92 Å². The molecule has 1 saturated carbocycles. The van der Waals surface area contributed by atoms with E-state index in [1.165, 1.54) is 22.6 Å². The van der Waals surface area contributed by atoms with E-state index in [0.717, 1.165) is 4.68 Å². The third kappa shape index (κ3) is 3.16. The van der Waals surface area contributed by atoms with Gasteiger partial charge < -0.3 is 5.11 Å². The Bertz CT molecular complexity index is 587. The molecule has 0 bridgehead atoms. The Labute approximate surface area is 131 Å². The van der Waals surface area contributed by atoms with Gasteiger partial charge in [-0.15, -0.1) is 0 Å². The minimum absolute atomic E-state index is 0.129. The molecule has 118 valence electrons. The lowest BCUT2D eigenvalue weighted by atomic mass is 9.67. The summed E-state index contributed by atoms with van der Waals surface area (Å²) in [5.41, 5.74) is -1.87. The molecule has 0 unspecified atom stereocenters. The van der Waals surface area contributed by atoms with Gasteiger partial charge in [0.15, 0.2) is 5.69 Å². The summed E-state index contributed by atoms with van der Waals surface area (Å²) in [6, 6.07) is 0. The molecule has 2 rings (SSSR count). The number of aromatic carboxylic acids is 1. The molecule has 0 radical (unpaired) electrons. The molecular formula is C12H13F4IN2O2. The zero-order valence-electron chi connectivity index (χ0n) is 11.3. The summed E-state index contributed by atoms with van der Waals surface area (Å²) in [5.74, 6) is -7.48. The van der Waals surface area contributed by atoms with Crippen molar-refractivity contribution < 1.29 is 27.5 Å². The van der Waals surface area contributed by atoms with Crippen LogP contribution < -0.4 is 0 Å². The van der Waals surface area contributed by atoms with Crippen LogP contribution in [0.3, 0.4) is 0 Å². The maximum atomic E-state index is 13.4. The number of aromatic nitrogens is 2. The lowest BCUT2D eigenvalue weighted by Crippen LogP contribution is -2.47. The van der Waals surface area contributed by atoms with Crippen LogP contribution in [-0.4, -0.2) is 26.8 Å². The summed E-state index contributed by atoms with van der Waals surface area (Å²) in [7, 11) is 0. The number of halogens is 5. The van der Waals surface area contributed by atoms with E-state index in [1.807, 2.05) is 0 Å². The molecule has 0 spiro atoms. The number of hydrogen-bond acceptors (Lipinski definition) is 2. The molecule has 0 amide bonds. The average Bonchev–Trinajstić information content (AvgIpc) is 2.50. The highest BCUT2D eigenvalue weighted by molar-refractivity contribution is 14.1. The number of carboxylic acids is 1. The summed E-state index contributed by atoms with van der Waals surface area (Å²) in [4.78, 5) is 11.2. The molecule has 21 heavy (non-hydrogen) atoms. The molecule has 1 aromatic rings. The van der Waals surface area contributed by atoms with Gasteiger partial charge in [-0.2, -0.15) is 13.9 Å². The molecule has 9 heteroatoms. The fourth-order valence-electron chi connectivity index (χ4n) is 2.71. The summed E-state index contributed by atoms with van der Waals surface area (Å²) >= 11 is 1.50. The van der Waals surface area contributed by atoms with Crippen molar-refractivity contribution in [2.45, 2.75) is 45.1 Å². The zero-order valence-corrected chi connectivity index (χ0v) is 13.4. The highest BCUT2D eigenvalue weighted by atomic mass is 127. The van der Waals surface area contributed by atoms with Gasteiger partial charge in [-0.1, -0.05) is 6.92 Å². The van der Waals surface area contributed by atoms with Crippen LogP contribution in [0.1, 0.15) is 42.9 Å². The van der Waals surface area contributed by atoms with Crippen LogP contribution in [0.4, 0.5) is 17.6 Å². The van der Waals surface area contributed by atoms with Gasteiger partial charge in [-0.05, 0) is 28.0 Å². The third-order valence-corrected chi connectivity index (χ3v) is 4.44. The standard InChI is InChI=1S/C12H13F4IN2O2/c1-10(3-12(15,16)4-10)5-19-7(9(20)21)6(17)8(18-19)11(2,13)14/h3-5H2,1-2H3,(H,20,21). The first kappa shape index (κ1) is 16.5. The number of alkyl halides is 4. The predicted octanol–water partition coefficient (Wildman–Crippen LogP) is 3.73. The second-order valence-electron chi connectivity index (χ2n) is 5.88. The molecule has 1 fully saturated rings. The fourth-order valence-corrected chi connectivity index (χ4v) is 3.80. The largest absolute Gasteiger partial charge is 0.476 e. The summed E-state index contributed by atoms with van der Waals surface area (Å²) in [5, 5.41) is 12.8. The van der Waals surface area contributed by atoms with Crippen molar-refractivity contribution in [3.63, 3.8) is 0 Å². The summed E-state index contributed by atoms with van der Waals surface area (Å²) in [6.07, 6.45) is -0.819. The summed E-state index contributed by atoms with van der Waals surface area (Å²) < 4.78 is 53.6. The highest BCUT2D eigenvalue weighted by Crippen LogP contribution is 2.52. The Kier molecular flexibility index (Phi) is 3.78. The Morgan fingerprint density at radius 1 is 1.48 bits per heavy atom. The zero-order chi connectivity index (χ0) is 16.2. The predicted molar refractivity (Wildman–Crippen MR) is 73.8 cm³/mol. The molecule has 0 aliphatic heterocycles. The number of nitrogens with zero attached hydrogens (tertiary/aromatic N) is 2. The van der Waals surface area contributed by atoms with E-state index in [2.05, 4.69) is 5.10 Å². The van der Waals surface area contributed by atoms with Crippen molar-refractivity contribution in [1.82, 2.24) is 9.78 Å². The van der Waals surface area contributed by atoms with Crippen molar-refractivity contribution >= 4 is 28.6 Å². The topological polar surface area (TPSA) is 55.1 Å². The van der Waals surface area contributed by atoms with E-state index in [-0.39, 0.29) is 15.8 Å². The lowest BCUT2D eigenvalue weighted by molar-refractivity contribution is -0.160. The van der Waals surface area contributed by atoms with Crippen LogP contribution in [0.5, 0.6) is 0 Å². The Balaban J connectivity index is 2.38. The van der Waals surface area contributed by atoms with Gasteiger partial charge >= 0.3 is 5.97 Å². The molecular weight excluding hydrogens is 407 g/mol. The van der Waals surface area contributed by atoms with Crippen LogP contribution in [0, 0.1) is 8.99 Å². The van der Waals surface area contributed by atoms with Crippen molar-refractivity contribution in [3.05, 3.63) is 15.0 Å². The maximum absolute atomic E-state index is 13.4. The first-order valence-electron chi connectivity index (χ1n) is 6.10. The third-order valence-electron chi connectivity index (χ3n) is 3.42. The minimum atomic E-state index is -3.30. The van der Waals surface area contributed by atoms with E-state index in [4.69, 9.17) is 5.11 Å². The van der Waals surface area contributed by atoms with Crippen molar-refractivity contribution in [2.24, 2.45) is 5.41 Å². The first-order chi connectivity index (χ1) is 9.35. The number of rotatable bonds is 4. The van der Waals surface area contributed by atoms with Crippen molar-refractivity contribution in [2.75, 3.05) is 0 Å². The van der Waals surface area contributed by atoms with Crippen LogP contribution in [-0.2, 0) is 12.5 Å². The quantitative estimate of drug-likeness (QED) is 0.597. The Morgan fingerprint density at radius 3 is 2.38 bits per heavy atom. The first-order valence-corrected chi connectivity index (χ1v) is 7.18. The molecule has 1 N–H and O–H groups in total. The second kappa shape index (κ2) is 4.82. The van der Waals surface area contributed by atoms with E-state index >= 15 is 0 Å². The molecule has 0 saturated heterocycles. The van der Waals surface area contributed by atoms with Gasteiger partial charge in [0.2, 0.25) is 5.92 Å². The SMILES string of the molecule is CC1(Cn2nc(C(C)(F)F)c(I)c2C(=O)O)CC(F)(F)C1. The van der Waals surface area contributed by atoms with Gasteiger partial charge in [0.25, 0.3) is 5.92 Å². The summed E-state index contributed by atoms with van der Waals surface area (Å²) in [6.45, 7) is 2.05. The van der Waals surface area contributed by atoms with Gasteiger partial charge in [-0.3, -0.25) is 4.68 Å².